The number of piperidine rings is 1. The zero-order valence-corrected chi connectivity index (χ0v) is 11.6. The van der Waals surface area contributed by atoms with Gasteiger partial charge in [0.1, 0.15) is 0 Å². The van der Waals surface area contributed by atoms with E-state index in [2.05, 4.69) is 10.4 Å². The molecule has 2 amide bonds. The van der Waals surface area contributed by atoms with Gasteiger partial charge in [-0.2, -0.15) is 5.10 Å². The van der Waals surface area contributed by atoms with Crippen molar-refractivity contribution in [1.29, 1.82) is 0 Å². The topological polar surface area (TPSA) is 67.2 Å². The summed E-state index contributed by atoms with van der Waals surface area (Å²) in [7, 11) is 0. The molecule has 0 bridgehead atoms. The number of fused-ring (bicyclic) bond motifs is 2. The number of carbonyl (C=O) groups is 2. The maximum absolute atomic E-state index is 12.5. The first kappa shape index (κ1) is 11.9. The molecule has 4 rings (SSSR count). The molecular weight excluding hydrogens is 256 g/mol. The summed E-state index contributed by atoms with van der Waals surface area (Å²) in [4.78, 5) is 25.7. The van der Waals surface area contributed by atoms with Gasteiger partial charge in [-0.1, -0.05) is 0 Å². The van der Waals surface area contributed by atoms with Crippen molar-refractivity contribution in [3.63, 3.8) is 0 Å². The molecule has 1 saturated heterocycles. The summed E-state index contributed by atoms with van der Waals surface area (Å²) >= 11 is 0. The average molecular weight is 274 g/mol. The van der Waals surface area contributed by atoms with Crippen LogP contribution in [0, 0.1) is 11.3 Å². The first-order chi connectivity index (χ1) is 9.58. The molecule has 6 nitrogen and oxygen atoms in total. The smallest absolute Gasteiger partial charge is 0.233 e. The third-order valence-electron chi connectivity index (χ3n) is 4.95. The Kier molecular flexibility index (Phi) is 2.29. The molecule has 1 aromatic heterocycles. The second kappa shape index (κ2) is 3.84. The Morgan fingerprint density at radius 3 is 3.05 bits per heavy atom. The third kappa shape index (κ3) is 1.60. The van der Waals surface area contributed by atoms with Gasteiger partial charge in [0.05, 0.1) is 5.41 Å². The van der Waals surface area contributed by atoms with E-state index in [1.165, 1.54) is 5.69 Å². The molecule has 2 aliphatic heterocycles. The van der Waals surface area contributed by atoms with Crippen LogP contribution in [0.25, 0.3) is 0 Å². The molecular formula is C14H18N4O2. The molecule has 106 valence electrons. The molecule has 1 N–H and O–H groups in total. The molecule has 0 aromatic carbocycles. The van der Waals surface area contributed by atoms with Crippen molar-refractivity contribution in [1.82, 2.24) is 14.7 Å². The SMILES string of the molecule is CC(=O)N1CC2CC2(C(=O)Nc2cc3n(n2)CCC3)C1. The van der Waals surface area contributed by atoms with E-state index in [1.54, 1.807) is 11.8 Å². The van der Waals surface area contributed by atoms with Gasteiger partial charge in [-0.3, -0.25) is 14.3 Å². The molecule has 3 heterocycles. The Balaban J connectivity index is 1.47. The van der Waals surface area contributed by atoms with Crippen LogP contribution in [0.4, 0.5) is 5.82 Å². The van der Waals surface area contributed by atoms with Gasteiger partial charge in [0, 0.05) is 38.3 Å². The van der Waals surface area contributed by atoms with Crippen LogP contribution in [-0.2, 0) is 22.6 Å². The number of aromatic nitrogens is 2. The van der Waals surface area contributed by atoms with Gasteiger partial charge >= 0.3 is 0 Å². The maximum atomic E-state index is 12.5. The normalized spacial score (nSPS) is 30.1. The van der Waals surface area contributed by atoms with E-state index < -0.39 is 0 Å². The van der Waals surface area contributed by atoms with Gasteiger partial charge in [-0.15, -0.1) is 0 Å². The Morgan fingerprint density at radius 1 is 1.50 bits per heavy atom. The fraction of sp³-hybridized carbons (Fsp3) is 0.643. The summed E-state index contributed by atoms with van der Waals surface area (Å²) in [5.74, 6) is 1.08. The van der Waals surface area contributed by atoms with Crippen LogP contribution in [0.2, 0.25) is 0 Å². The number of nitrogens with zero attached hydrogens (tertiary/aromatic N) is 3. The maximum Gasteiger partial charge on any atom is 0.233 e. The molecule has 6 heteroatoms. The second-order valence-electron chi connectivity index (χ2n) is 6.26. The minimum Gasteiger partial charge on any atom is -0.342 e. The molecule has 0 radical (unpaired) electrons. The lowest BCUT2D eigenvalue weighted by atomic mass is 10.1. The molecule has 2 unspecified atom stereocenters. The van der Waals surface area contributed by atoms with Crippen LogP contribution in [-0.4, -0.2) is 39.6 Å². The summed E-state index contributed by atoms with van der Waals surface area (Å²) in [6.45, 7) is 3.79. The number of aryl methyl sites for hydroxylation is 2. The monoisotopic (exact) mass is 274 g/mol. The quantitative estimate of drug-likeness (QED) is 0.860. The predicted octanol–water partition coefficient (Wildman–Crippen LogP) is 0.636. The number of rotatable bonds is 2. The van der Waals surface area contributed by atoms with E-state index in [4.69, 9.17) is 0 Å². The lowest BCUT2D eigenvalue weighted by Crippen LogP contribution is -2.34. The van der Waals surface area contributed by atoms with E-state index in [-0.39, 0.29) is 17.2 Å². The van der Waals surface area contributed by atoms with Crippen molar-refractivity contribution in [3.8, 4) is 0 Å². The minimum absolute atomic E-state index is 0.0306. The van der Waals surface area contributed by atoms with Crippen LogP contribution < -0.4 is 5.32 Å². The number of anilines is 1. The fourth-order valence-corrected chi connectivity index (χ4v) is 3.64. The highest BCUT2D eigenvalue weighted by atomic mass is 16.2. The standard InChI is InChI=1S/C14H18N4O2/c1-9(19)17-7-10-6-14(10,8-17)13(20)15-12-5-11-3-2-4-18(11)16-12/h5,10H,2-4,6-8H2,1H3,(H,15,16,20). The number of hydrogen-bond donors (Lipinski definition) is 1. The van der Waals surface area contributed by atoms with E-state index >= 15 is 0 Å². The summed E-state index contributed by atoms with van der Waals surface area (Å²) in [5, 5.41) is 7.36. The van der Waals surface area contributed by atoms with Crippen molar-refractivity contribution in [2.45, 2.75) is 32.7 Å². The molecule has 3 aliphatic rings. The van der Waals surface area contributed by atoms with Crippen LogP contribution in [0.3, 0.4) is 0 Å². The largest absolute Gasteiger partial charge is 0.342 e. The Morgan fingerprint density at radius 2 is 2.35 bits per heavy atom. The minimum atomic E-state index is -0.347. The first-order valence-corrected chi connectivity index (χ1v) is 7.22. The van der Waals surface area contributed by atoms with Gasteiger partial charge in [0.15, 0.2) is 5.82 Å². The average Bonchev–Trinajstić information content (AvgIpc) is 2.76. The van der Waals surface area contributed by atoms with Crippen molar-refractivity contribution >= 4 is 17.6 Å². The number of likely N-dealkylation sites (tertiary alicyclic amines) is 1. The van der Waals surface area contributed by atoms with E-state index in [9.17, 15) is 9.59 Å². The summed E-state index contributed by atoms with van der Waals surface area (Å²) in [5.41, 5.74) is 0.849. The lowest BCUT2D eigenvalue weighted by Gasteiger charge is -2.18. The van der Waals surface area contributed by atoms with Gasteiger partial charge in [0.25, 0.3) is 0 Å². The summed E-state index contributed by atoms with van der Waals surface area (Å²) in [6.07, 6.45) is 3.07. The van der Waals surface area contributed by atoms with E-state index in [0.717, 1.165) is 32.4 Å². The Hall–Kier alpha value is -1.85. The van der Waals surface area contributed by atoms with Gasteiger partial charge in [-0.05, 0) is 25.2 Å². The highest BCUT2D eigenvalue weighted by Crippen LogP contribution is 2.58. The molecule has 0 spiro atoms. The molecule has 2 fully saturated rings. The van der Waals surface area contributed by atoms with Crippen LogP contribution in [0.5, 0.6) is 0 Å². The molecule has 20 heavy (non-hydrogen) atoms. The van der Waals surface area contributed by atoms with Crippen molar-refractivity contribution in [2.24, 2.45) is 11.3 Å². The summed E-state index contributed by atoms with van der Waals surface area (Å²) < 4.78 is 1.97. The number of amides is 2. The van der Waals surface area contributed by atoms with Gasteiger partial charge in [-0.25, -0.2) is 0 Å². The molecule has 2 atom stereocenters. The highest BCUT2D eigenvalue weighted by molar-refractivity contribution is 5.98. The zero-order chi connectivity index (χ0) is 13.9. The molecule has 1 saturated carbocycles. The van der Waals surface area contributed by atoms with Gasteiger partial charge in [0.2, 0.25) is 11.8 Å². The Bertz CT molecular complexity index is 587. The highest BCUT2D eigenvalue weighted by Gasteiger charge is 2.65. The van der Waals surface area contributed by atoms with Crippen LogP contribution in [0.1, 0.15) is 25.5 Å². The lowest BCUT2D eigenvalue weighted by molar-refractivity contribution is -0.129. The number of hydrogen-bond acceptors (Lipinski definition) is 3. The van der Waals surface area contributed by atoms with E-state index in [0.29, 0.717) is 18.3 Å². The van der Waals surface area contributed by atoms with Crippen molar-refractivity contribution in [2.75, 3.05) is 18.4 Å². The van der Waals surface area contributed by atoms with Gasteiger partial charge < -0.3 is 10.2 Å². The predicted molar refractivity (Wildman–Crippen MR) is 72.0 cm³/mol. The van der Waals surface area contributed by atoms with Crippen LogP contribution in [0.15, 0.2) is 6.07 Å². The fourth-order valence-electron chi connectivity index (χ4n) is 3.64. The van der Waals surface area contributed by atoms with E-state index in [1.807, 2.05) is 10.7 Å². The molecule has 1 aromatic rings. The van der Waals surface area contributed by atoms with Crippen molar-refractivity contribution < 1.29 is 9.59 Å². The second-order valence-corrected chi connectivity index (χ2v) is 6.26. The Labute approximate surface area is 117 Å². The van der Waals surface area contributed by atoms with Crippen LogP contribution >= 0.6 is 0 Å². The number of carbonyl (C=O) groups excluding carboxylic acids is 2. The summed E-state index contributed by atoms with van der Waals surface area (Å²) in [6, 6.07) is 1.97. The third-order valence-corrected chi connectivity index (χ3v) is 4.95. The zero-order valence-electron chi connectivity index (χ0n) is 11.6. The molecule has 1 aliphatic carbocycles. The number of nitrogens with one attached hydrogen (secondary N) is 1. The van der Waals surface area contributed by atoms with Crippen molar-refractivity contribution in [3.05, 3.63) is 11.8 Å². The first-order valence-electron chi connectivity index (χ1n) is 7.22.